The molecule has 13 heavy (non-hydrogen) atoms. The summed E-state index contributed by atoms with van der Waals surface area (Å²) in [6.07, 6.45) is 0.772. The van der Waals surface area contributed by atoms with Crippen molar-refractivity contribution in [2.75, 3.05) is 7.11 Å². The number of hydrogen-bond donors (Lipinski definition) is 1. The summed E-state index contributed by atoms with van der Waals surface area (Å²) in [6.45, 7) is 0. The van der Waals surface area contributed by atoms with Gasteiger partial charge in [0.2, 0.25) is 5.91 Å². The molecule has 1 aromatic rings. The van der Waals surface area contributed by atoms with Crippen molar-refractivity contribution in [3.8, 4) is 5.75 Å². The van der Waals surface area contributed by atoms with Gasteiger partial charge in [-0.3, -0.25) is 4.79 Å². The quantitative estimate of drug-likeness (QED) is 0.727. The third-order valence-electron chi connectivity index (χ3n) is 2.50. The Bertz CT molecular complexity index is 360. The van der Waals surface area contributed by atoms with Crippen molar-refractivity contribution in [2.45, 2.75) is 12.3 Å². The van der Waals surface area contributed by atoms with E-state index in [1.165, 1.54) is 5.56 Å². The molecule has 0 bridgehead atoms. The van der Waals surface area contributed by atoms with Gasteiger partial charge in [-0.25, -0.2) is 0 Å². The molecule has 0 saturated carbocycles. The van der Waals surface area contributed by atoms with Gasteiger partial charge in [0.05, 0.1) is 13.0 Å². The van der Waals surface area contributed by atoms with Gasteiger partial charge < -0.3 is 10.5 Å². The summed E-state index contributed by atoms with van der Waals surface area (Å²) in [4.78, 5) is 10.9. The zero-order valence-corrected chi connectivity index (χ0v) is 7.41. The fraction of sp³-hybridized carbons (Fsp3) is 0.300. The Hall–Kier alpha value is -1.51. The molecule has 1 aliphatic carbocycles. The second-order valence-electron chi connectivity index (χ2n) is 3.22. The Morgan fingerprint density at radius 2 is 2.38 bits per heavy atom. The number of fused-ring (bicyclic) bond motifs is 1. The monoisotopic (exact) mass is 177 g/mol. The molecule has 1 atom stereocenters. The first-order valence-corrected chi connectivity index (χ1v) is 4.18. The Morgan fingerprint density at radius 3 is 3.00 bits per heavy atom. The summed E-state index contributed by atoms with van der Waals surface area (Å²) in [6, 6.07) is 5.76. The molecule has 0 radical (unpaired) electrons. The highest BCUT2D eigenvalue weighted by atomic mass is 16.5. The van der Waals surface area contributed by atoms with Crippen molar-refractivity contribution in [3.63, 3.8) is 0 Å². The van der Waals surface area contributed by atoms with Crippen LogP contribution in [-0.2, 0) is 11.2 Å². The molecule has 1 amide bonds. The molecule has 3 heteroatoms. The van der Waals surface area contributed by atoms with Gasteiger partial charge >= 0.3 is 0 Å². The minimum Gasteiger partial charge on any atom is -0.497 e. The van der Waals surface area contributed by atoms with Crippen LogP contribution in [0.25, 0.3) is 0 Å². The molecular formula is C10H11NO2. The highest BCUT2D eigenvalue weighted by molar-refractivity contribution is 5.85. The van der Waals surface area contributed by atoms with E-state index in [2.05, 4.69) is 0 Å². The SMILES string of the molecule is COc1ccc2c(c1)C(C(N)=O)C2. The Balaban J connectivity index is 2.34. The van der Waals surface area contributed by atoms with E-state index in [-0.39, 0.29) is 11.8 Å². The number of primary amides is 1. The molecule has 0 fully saturated rings. The van der Waals surface area contributed by atoms with Crippen LogP contribution in [0.4, 0.5) is 0 Å². The van der Waals surface area contributed by atoms with Crippen LogP contribution in [0.5, 0.6) is 5.75 Å². The lowest BCUT2D eigenvalue weighted by atomic mass is 9.77. The molecule has 0 spiro atoms. The second-order valence-corrected chi connectivity index (χ2v) is 3.22. The van der Waals surface area contributed by atoms with Gasteiger partial charge in [0.15, 0.2) is 0 Å². The molecule has 1 unspecified atom stereocenters. The zero-order valence-electron chi connectivity index (χ0n) is 7.41. The van der Waals surface area contributed by atoms with Crippen molar-refractivity contribution in [3.05, 3.63) is 29.3 Å². The fourth-order valence-electron chi connectivity index (χ4n) is 1.66. The van der Waals surface area contributed by atoms with Crippen molar-refractivity contribution in [2.24, 2.45) is 5.73 Å². The van der Waals surface area contributed by atoms with E-state index in [4.69, 9.17) is 10.5 Å². The number of carbonyl (C=O) groups is 1. The minimum absolute atomic E-state index is 0.106. The molecule has 3 nitrogen and oxygen atoms in total. The number of benzene rings is 1. The lowest BCUT2D eigenvalue weighted by molar-refractivity contribution is -0.119. The molecule has 2 rings (SSSR count). The summed E-state index contributed by atoms with van der Waals surface area (Å²) in [5.41, 5.74) is 7.44. The average molecular weight is 177 g/mol. The molecule has 2 N–H and O–H groups in total. The summed E-state index contributed by atoms with van der Waals surface area (Å²) in [7, 11) is 1.61. The Labute approximate surface area is 76.5 Å². The first-order chi connectivity index (χ1) is 6.22. The van der Waals surface area contributed by atoms with Gasteiger partial charge in [-0.05, 0) is 29.7 Å². The van der Waals surface area contributed by atoms with Crippen molar-refractivity contribution >= 4 is 5.91 Å². The van der Waals surface area contributed by atoms with Gasteiger partial charge in [-0.1, -0.05) is 6.07 Å². The number of rotatable bonds is 2. The van der Waals surface area contributed by atoms with Crippen LogP contribution < -0.4 is 10.5 Å². The van der Waals surface area contributed by atoms with Crippen LogP contribution in [0.2, 0.25) is 0 Å². The first-order valence-electron chi connectivity index (χ1n) is 4.18. The van der Waals surface area contributed by atoms with Gasteiger partial charge in [0.25, 0.3) is 0 Å². The summed E-state index contributed by atoms with van der Waals surface area (Å²) in [5.74, 6) is 0.426. The summed E-state index contributed by atoms with van der Waals surface area (Å²) < 4.78 is 5.06. The fourth-order valence-corrected chi connectivity index (χ4v) is 1.66. The maximum atomic E-state index is 10.9. The molecule has 68 valence electrons. The van der Waals surface area contributed by atoms with Crippen LogP contribution in [0.3, 0.4) is 0 Å². The summed E-state index contributed by atoms with van der Waals surface area (Å²) in [5, 5.41) is 0. The normalized spacial score (nSPS) is 18.7. The Kier molecular flexibility index (Phi) is 1.72. The van der Waals surface area contributed by atoms with Crippen molar-refractivity contribution in [1.82, 2.24) is 0 Å². The van der Waals surface area contributed by atoms with Gasteiger partial charge in [0.1, 0.15) is 5.75 Å². The highest BCUT2D eigenvalue weighted by Crippen LogP contribution is 2.36. The minimum atomic E-state index is -0.249. The smallest absolute Gasteiger partial charge is 0.225 e. The van der Waals surface area contributed by atoms with Crippen LogP contribution in [0, 0.1) is 0 Å². The second kappa shape index (κ2) is 2.76. The predicted molar refractivity (Wildman–Crippen MR) is 48.6 cm³/mol. The standard InChI is InChI=1S/C10H11NO2/c1-13-7-3-2-6-4-9(10(11)12)8(6)5-7/h2-3,5,9H,4H2,1H3,(H2,11,12). The number of carbonyl (C=O) groups excluding carboxylic acids is 1. The number of ether oxygens (including phenoxy) is 1. The largest absolute Gasteiger partial charge is 0.497 e. The Morgan fingerprint density at radius 1 is 1.62 bits per heavy atom. The maximum Gasteiger partial charge on any atom is 0.225 e. The number of amides is 1. The third kappa shape index (κ3) is 1.16. The highest BCUT2D eigenvalue weighted by Gasteiger charge is 2.30. The van der Waals surface area contributed by atoms with E-state index in [9.17, 15) is 4.79 Å². The molecular weight excluding hydrogens is 166 g/mol. The first kappa shape index (κ1) is 8.10. The van der Waals surface area contributed by atoms with Gasteiger partial charge in [-0.15, -0.1) is 0 Å². The average Bonchev–Trinajstić information content (AvgIpc) is 2.06. The van der Waals surface area contributed by atoms with E-state index in [1.807, 2.05) is 18.2 Å². The molecule has 0 aromatic heterocycles. The lowest BCUT2D eigenvalue weighted by Gasteiger charge is -2.27. The van der Waals surface area contributed by atoms with E-state index in [1.54, 1.807) is 7.11 Å². The summed E-state index contributed by atoms with van der Waals surface area (Å²) >= 11 is 0. The van der Waals surface area contributed by atoms with Crippen molar-refractivity contribution < 1.29 is 9.53 Å². The number of hydrogen-bond acceptors (Lipinski definition) is 2. The van der Waals surface area contributed by atoms with E-state index in [0.717, 1.165) is 17.7 Å². The van der Waals surface area contributed by atoms with E-state index >= 15 is 0 Å². The van der Waals surface area contributed by atoms with Gasteiger partial charge in [-0.2, -0.15) is 0 Å². The van der Waals surface area contributed by atoms with Crippen LogP contribution in [-0.4, -0.2) is 13.0 Å². The van der Waals surface area contributed by atoms with Crippen LogP contribution in [0.15, 0.2) is 18.2 Å². The molecule has 0 saturated heterocycles. The van der Waals surface area contributed by atoms with Crippen molar-refractivity contribution in [1.29, 1.82) is 0 Å². The molecule has 0 aliphatic heterocycles. The molecule has 0 heterocycles. The van der Waals surface area contributed by atoms with Gasteiger partial charge in [0, 0.05) is 0 Å². The van der Waals surface area contributed by atoms with E-state index in [0.29, 0.717) is 0 Å². The van der Waals surface area contributed by atoms with Crippen LogP contribution >= 0.6 is 0 Å². The molecule has 1 aliphatic rings. The maximum absolute atomic E-state index is 10.9. The van der Waals surface area contributed by atoms with Crippen LogP contribution in [0.1, 0.15) is 17.0 Å². The topological polar surface area (TPSA) is 52.3 Å². The zero-order chi connectivity index (χ0) is 9.42. The number of methoxy groups -OCH3 is 1. The third-order valence-corrected chi connectivity index (χ3v) is 2.50. The lowest BCUT2D eigenvalue weighted by Crippen LogP contribution is -2.30. The predicted octanol–water partition coefficient (Wildman–Crippen LogP) is 0.820. The number of nitrogens with two attached hydrogens (primary N) is 1. The van der Waals surface area contributed by atoms with E-state index < -0.39 is 0 Å². The molecule has 1 aromatic carbocycles.